The zero-order valence-electron chi connectivity index (χ0n) is 16.9. The highest BCUT2D eigenvalue weighted by Gasteiger charge is 2.18. The number of esters is 1. The number of rotatable bonds is 11. The van der Waals surface area contributed by atoms with Gasteiger partial charge in [-0.25, -0.2) is 14.6 Å². The number of hydrogen-bond acceptors (Lipinski definition) is 8. The molecule has 1 rings (SSSR count). The van der Waals surface area contributed by atoms with Gasteiger partial charge in [-0.15, -0.1) is 0 Å². The van der Waals surface area contributed by atoms with Gasteiger partial charge < -0.3 is 25.2 Å². The van der Waals surface area contributed by atoms with Gasteiger partial charge in [0.15, 0.2) is 11.5 Å². The summed E-state index contributed by atoms with van der Waals surface area (Å²) < 4.78 is 11.4. The molecule has 0 spiro atoms. The summed E-state index contributed by atoms with van der Waals surface area (Å²) in [6.07, 6.45) is -0.419. The number of methoxy groups -OCH3 is 1. The summed E-state index contributed by atoms with van der Waals surface area (Å²) in [6.45, 7) is 7.22. The van der Waals surface area contributed by atoms with Crippen LogP contribution in [-0.2, 0) is 30.6 Å². The van der Waals surface area contributed by atoms with E-state index in [9.17, 15) is 14.4 Å². The lowest BCUT2D eigenvalue weighted by molar-refractivity contribution is -0.148. The Kier molecular flexibility index (Phi) is 9.28. The highest BCUT2D eigenvalue weighted by Crippen LogP contribution is 2.16. The molecule has 0 fully saturated rings. The third-order valence-corrected chi connectivity index (χ3v) is 5.24. The van der Waals surface area contributed by atoms with Crippen LogP contribution >= 0.6 is 0 Å². The number of amides is 1. The fraction of sp³-hybridized carbons (Fsp3) is 0.562. The maximum atomic E-state index is 11.6. The number of oxime groups is 1. The lowest BCUT2D eigenvalue weighted by atomic mass is 10.3. The Morgan fingerprint density at radius 3 is 2.52 bits per heavy atom. The molecule has 0 aliphatic rings. The molecule has 0 radical (unpaired) electrons. The van der Waals surface area contributed by atoms with Crippen LogP contribution in [0.25, 0.3) is 0 Å². The first-order valence-corrected chi connectivity index (χ1v) is 12.5. The zero-order valence-corrected chi connectivity index (χ0v) is 17.9. The van der Waals surface area contributed by atoms with Gasteiger partial charge >= 0.3 is 18.0 Å². The number of nitrogens with zero attached hydrogens (tertiary/aromatic N) is 3. The van der Waals surface area contributed by atoms with Crippen molar-refractivity contribution in [3.8, 4) is 0 Å². The van der Waals surface area contributed by atoms with Gasteiger partial charge in [0.25, 0.3) is 0 Å². The van der Waals surface area contributed by atoms with Crippen LogP contribution in [0.1, 0.15) is 18.5 Å². The zero-order chi connectivity index (χ0) is 22.0. The van der Waals surface area contributed by atoms with Gasteiger partial charge in [0, 0.05) is 14.7 Å². The minimum Gasteiger partial charge on any atom is -0.469 e. The predicted octanol–water partition coefficient (Wildman–Crippen LogP) is 1.40. The van der Waals surface area contributed by atoms with Crippen LogP contribution in [0.3, 0.4) is 0 Å². The Bertz CT molecular complexity index is 757. The maximum absolute atomic E-state index is 11.6. The number of hydrogen-bond donors (Lipinski definition) is 3. The molecular weight excluding hydrogens is 402 g/mol. The Morgan fingerprint density at radius 1 is 1.28 bits per heavy atom. The van der Waals surface area contributed by atoms with E-state index in [-0.39, 0.29) is 36.9 Å². The number of carbonyl (C=O) groups excluding carboxylic acids is 2. The van der Waals surface area contributed by atoms with E-state index in [1.165, 1.54) is 18.0 Å². The SMILES string of the molecule is COC(=O)CCC(=O)ON=C(N)c1ncn(COCC[Si](C)(C)C)c1NC(=O)O. The second kappa shape index (κ2) is 11.2. The molecular formula is C16H27N5O7Si. The van der Waals surface area contributed by atoms with E-state index >= 15 is 0 Å². The van der Waals surface area contributed by atoms with E-state index in [2.05, 4.69) is 44.7 Å². The molecule has 29 heavy (non-hydrogen) atoms. The van der Waals surface area contributed by atoms with Crippen molar-refractivity contribution in [1.29, 1.82) is 0 Å². The van der Waals surface area contributed by atoms with Gasteiger partial charge in [0.1, 0.15) is 12.5 Å². The molecule has 0 saturated carbocycles. The lowest BCUT2D eigenvalue weighted by Gasteiger charge is -2.16. The number of amidine groups is 1. The highest BCUT2D eigenvalue weighted by atomic mass is 28.3. The topological polar surface area (TPSA) is 167 Å². The second-order valence-corrected chi connectivity index (χ2v) is 12.8. The molecule has 0 aliphatic carbocycles. The first kappa shape index (κ1) is 24.1. The van der Waals surface area contributed by atoms with Crippen molar-refractivity contribution in [3.05, 3.63) is 12.0 Å². The molecule has 1 aromatic rings. The smallest absolute Gasteiger partial charge is 0.410 e. The van der Waals surface area contributed by atoms with E-state index in [0.717, 1.165) is 6.04 Å². The molecule has 1 heterocycles. The average Bonchev–Trinajstić information content (AvgIpc) is 3.02. The van der Waals surface area contributed by atoms with Gasteiger partial charge in [-0.2, -0.15) is 0 Å². The number of nitrogens with two attached hydrogens (primary N) is 1. The number of ether oxygens (including phenoxy) is 2. The molecule has 13 heteroatoms. The number of imidazole rings is 1. The van der Waals surface area contributed by atoms with E-state index in [4.69, 9.17) is 15.6 Å². The molecule has 0 bridgehead atoms. The molecule has 12 nitrogen and oxygen atoms in total. The van der Waals surface area contributed by atoms with Gasteiger partial charge in [-0.05, 0) is 6.04 Å². The first-order chi connectivity index (χ1) is 13.5. The van der Waals surface area contributed by atoms with Crippen molar-refractivity contribution in [2.45, 2.75) is 45.3 Å². The number of aromatic nitrogens is 2. The van der Waals surface area contributed by atoms with Crippen molar-refractivity contribution in [2.24, 2.45) is 10.9 Å². The third kappa shape index (κ3) is 9.20. The molecule has 162 valence electrons. The summed E-state index contributed by atoms with van der Waals surface area (Å²) in [4.78, 5) is 42.3. The van der Waals surface area contributed by atoms with Crippen molar-refractivity contribution in [2.75, 3.05) is 19.0 Å². The lowest BCUT2D eigenvalue weighted by Crippen LogP contribution is -2.23. The molecule has 1 aromatic heterocycles. The summed E-state index contributed by atoms with van der Waals surface area (Å²) in [5.41, 5.74) is 5.74. The third-order valence-electron chi connectivity index (χ3n) is 3.54. The summed E-state index contributed by atoms with van der Waals surface area (Å²) >= 11 is 0. The van der Waals surface area contributed by atoms with Crippen LogP contribution in [0.15, 0.2) is 11.5 Å². The average molecular weight is 430 g/mol. The maximum Gasteiger partial charge on any atom is 0.410 e. The van der Waals surface area contributed by atoms with Gasteiger partial charge in [-0.3, -0.25) is 14.7 Å². The Labute approximate surface area is 169 Å². The summed E-state index contributed by atoms with van der Waals surface area (Å²) in [6, 6.07) is 0.946. The second-order valence-electron chi connectivity index (χ2n) is 7.21. The Balaban J connectivity index is 2.80. The van der Waals surface area contributed by atoms with Crippen molar-refractivity contribution >= 4 is 37.8 Å². The van der Waals surface area contributed by atoms with E-state index in [1.54, 1.807) is 0 Å². The standard InChI is InChI=1S/C16H27N5O7Si/c1-26-11(22)5-6-12(23)28-20-14(17)13-15(19-16(24)25)21(9-18-13)10-27-7-8-29(2,3)4/h9,19H,5-8,10H2,1-4H3,(H2,17,20)(H,24,25). The molecule has 0 aromatic carbocycles. The fourth-order valence-corrected chi connectivity index (χ4v) is 2.69. The number of anilines is 1. The van der Waals surface area contributed by atoms with Crippen molar-refractivity contribution < 1.29 is 33.8 Å². The quantitative estimate of drug-likeness (QED) is 0.0895. The van der Waals surface area contributed by atoms with Gasteiger partial charge in [-0.1, -0.05) is 24.8 Å². The van der Waals surface area contributed by atoms with Crippen LogP contribution in [0.5, 0.6) is 0 Å². The Morgan fingerprint density at radius 2 is 1.93 bits per heavy atom. The summed E-state index contributed by atoms with van der Waals surface area (Å²) in [7, 11) is -0.0619. The molecule has 4 N–H and O–H groups in total. The minimum absolute atomic E-state index is 0.0253. The van der Waals surface area contributed by atoms with Crippen LogP contribution in [0.4, 0.5) is 10.6 Å². The largest absolute Gasteiger partial charge is 0.469 e. The molecule has 0 unspecified atom stereocenters. The normalized spacial score (nSPS) is 11.8. The van der Waals surface area contributed by atoms with Crippen LogP contribution in [0, 0.1) is 0 Å². The molecule has 0 saturated heterocycles. The van der Waals surface area contributed by atoms with Gasteiger partial charge in [0.2, 0.25) is 0 Å². The summed E-state index contributed by atoms with van der Waals surface area (Å²) in [5, 5.41) is 14.7. The van der Waals surface area contributed by atoms with E-state index in [1.807, 2.05) is 0 Å². The molecule has 0 aliphatic heterocycles. The Hall–Kier alpha value is -2.93. The predicted molar refractivity (Wildman–Crippen MR) is 106 cm³/mol. The van der Waals surface area contributed by atoms with Crippen LogP contribution in [0.2, 0.25) is 25.7 Å². The van der Waals surface area contributed by atoms with E-state index < -0.39 is 26.1 Å². The van der Waals surface area contributed by atoms with Crippen molar-refractivity contribution in [1.82, 2.24) is 9.55 Å². The monoisotopic (exact) mass is 429 g/mol. The number of nitrogens with one attached hydrogen (secondary N) is 1. The fourth-order valence-electron chi connectivity index (χ4n) is 1.94. The minimum atomic E-state index is -1.34. The van der Waals surface area contributed by atoms with E-state index in [0.29, 0.717) is 6.61 Å². The number of carbonyl (C=O) groups is 3. The van der Waals surface area contributed by atoms with Crippen LogP contribution in [-0.4, -0.2) is 60.3 Å². The summed E-state index contributed by atoms with van der Waals surface area (Å²) in [5.74, 6) is -1.67. The first-order valence-electron chi connectivity index (χ1n) is 8.77. The van der Waals surface area contributed by atoms with Crippen molar-refractivity contribution in [3.63, 3.8) is 0 Å². The van der Waals surface area contributed by atoms with Crippen LogP contribution < -0.4 is 11.1 Å². The number of carboxylic acid groups (broad SMARTS) is 1. The molecule has 0 atom stereocenters. The highest BCUT2D eigenvalue weighted by molar-refractivity contribution is 6.76. The molecule has 1 amide bonds. The van der Waals surface area contributed by atoms with Gasteiger partial charge in [0.05, 0.1) is 26.3 Å².